The van der Waals surface area contributed by atoms with Crippen molar-refractivity contribution in [1.29, 1.82) is 0 Å². The first-order valence-electron chi connectivity index (χ1n) is 10.9. The second-order valence-corrected chi connectivity index (χ2v) is 17.6. The van der Waals surface area contributed by atoms with Gasteiger partial charge in [-0.3, -0.25) is 4.79 Å². The molecule has 0 rings (SSSR count). The molecule has 1 unspecified atom stereocenters. The Hall–Kier alpha value is -0.216. The van der Waals surface area contributed by atoms with Gasteiger partial charge in [-0.2, -0.15) is 0 Å². The predicted octanol–water partition coefficient (Wildman–Crippen LogP) is 6.17. The molecule has 0 fully saturated rings. The molecule has 28 heavy (non-hydrogen) atoms. The third kappa shape index (κ3) is 6.94. The predicted molar refractivity (Wildman–Crippen MR) is 121 cm³/mol. The Labute approximate surface area is 176 Å². The highest BCUT2D eigenvalue weighted by Crippen LogP contribution is 2.54. The van der Waals surface area contributed by atoms with Crippen molar-refractivity contribution in [1.82, 2.24) is 0 Å². The van der Waals surface area contributed by atoms with Gasteiger partial charge in [0, 0.05) is 25.9 Å². The molecule has 0 aromatic rings. The van der Waals surface area contributed by atoms with Crippen LogP contribution in [0.5, 0.6) is 0 Å². The van der Waals surface area contributed by atoms with E-state index in [9.17, 15) is 4.79 Å². The van der Waals surface area contributed by atoms with Gasteiger partial charge in [-0.1, -0.05) is 61.8 Å². The molecular formula is C21H46O5Si2. The second-order valence-electron chi connectivity index (χ2n) is 9.59. The first-order chi connectivity index (χ1) is 12.8. The van der Waals surface area contributed by atoms with Gasteiger partial charge >= 0.3 is 8.80 Å². The Morgan fingerprint density at radius 2 is 1.21 bits per heavy atom. The molecule has 0 amide bonds. The van der Waals surface area contributed by atoms with Crippen LogP contribution in [0.1, 0.15) is 82.6 Å². The molecule has 0 saturated heterocycles. The van der Waals surface area contributed by atoms with Crippen LogP contribution in [-0.2, 0) is 22.5 Å². The molecule has 0 aliphatic rings. The van der Waals surface area contributed by atoms with Crippen molar-refractivity contribution in [3.05, 3.63) is 0 Å². The lowest BCUT2D eigenvalue weighted by Gasteiger charge is -2.50. The molecule has 0 aromatic heterocycles. The Morgan fingerprint density at radius 1 is 0.821 bits per heavy atom. The summed E-state index contributed by atoms with van der Waals surface area (Å²) in [5.74, 6) is -0.467. The van der Waals surface area contributed by atoms with E-state index in [0.717, 1.165) is 12.5 Å². The zero-order chi connectivity index (χ0) is 22.2. The molecule has 7 heteroatoms. The number of hydrogen-bond donors (Lipinski definition) is 0. The van der Waals surface area contributed by atoms with E-state index in [4.69, 9.17) is 17.7 Å². The van der Waals surface area contributed by atoms with Crippen molar-refractivity contribution in [3.8, 4) is 0 Å². The molecular weight excluding hydrogens is 388 g/mol. The first-order valence-corrected chi connectivity index (χ1v) is 14.9. The third-order valence-corrected chi connectivity index (χ3v) is 15.2. The SMILES string of the molecule is CCC[Si](OC(=O)C(C)C[Si](OCC)(OCC)OCC)(C(C)(C)C)C(C)(C)C. The van der Waals surface area contributed by atoms with Gasteiger partial charge in [-0.15, -0.1) is 0 Å². The fraction of sp³-hybridized carbons (Fsp3) is 0.952. The lowest BCUT2D eigenvalue weighted by molar-refractivity contribution is -0.139. The van der Waals surface area contributed by atoms with E-state index in [2.05, 4.69) is 48.5 Å². The first kappa shape index (κ1) is 27.8. The van der Waals surface area contributed by atoms with E-state index in [-0.39, 0.29) is 22.0 Å². The van der Waals surface area contributed by atoms with E-state index in [1.165, 1.54) is 0 Å². The fourth-order valence-electron chi connectivity index (χ4n) is 4.28. The van der Waals surface area contributed by atoms with Crippen molar-refractivity contribution in [2.24, 2.45) is 5.92 Å². The van der Waals surface area contributed by atoms with Crippen molar-refractivity contribution in [2.45, 2.75) is 105 Å². The van der Waals surface area contributed by atoms with Crippen LogP contribution in [0, 0.1) is 5.92 Å². The minimum Gasteiger partial charge on any atom is -0.518 e. The highest BCUT2D eigenvalue weighted by molar-refractivity contribution is 6.80. The monoisotopic (exact) mass is 434 g/mol. The summed E-state index contributed by atoms with van der Waals surface area (Å²) >= 11 is 0. The summed E-state index contributed by atoms with van der Waals surface area (Å²) in [5, 5.41) is -0.101. The smallest absolute Gasteiger partial charge is 0.501 e. The lowest BCUT2D eigenvalue weighted by Crippen LogP contribution is -2.56. The van der Waals surface area contributed by atoms with Crippen molar-refractivity contribution < 1.29 is 22.5 Å². The molecule has 168 valence electrons. The second kappa shape index (κ2) is 11.3. The summed E-state index contributed by atoms with van der Waals surface area (Å²) in [4.78, 5) is 13.3. The molecule has 0 radical (unpaired) electrons. The summed E-state index contributed by atoms with van der Waals surface area (Å²) in [6, 6.07) is 1.41. The topological polar surface area (TPSA) is 54.0 Å². The lowest BCUT2D eigenvalue weighted by atomic mass is 10.2. The maximum Gasteiger partial charge on any atom is 0.501 e. The van der Waals surface area contributed by atoms with Crippen LogP contribution in [0.3, 0.4) is 0 Å². The fourth-order valence-corrected chi connectivity index (χ4v) is 12.8. The molecule has 5 nitrogen and oxygen atoms in total. The molecule has 1 atom stereocenters. The van der Waals surface area contributed by atoms with E-state index >= 15 is 0 Å². The maximum absolute atomic E-state index is 13.3. The van der Waals surface area contributed by atoms with Crippen molar-refractivity contribution in [3.63, 3.8) is 0 Å². The molecule has 0 saturated carbocycles. The average Bonchev–Trinajstić information content (AvgIpc) is 2.52. The van der Waals surface area contributed by atoms with E-state index < -0.39 is 17.1 Å². The van der Waals surface area contributed by atoms with Crippen LogP contribution < -0.4 is 0 Å². The van der Waals surface area contributed by atoms with Gasteiger partial charge in [0.05, 0.1) is 5.92 Å². The molecule has 0 aliphatic heterocycles. The molecule has 0 spiro atoms. The van der Waals surface area contributed by atoms with Gasteiger partial charge in [-0.05, 0) is 36.9 Å². The van der Waals surface area contributed by atoms with Gasteiger partial charge in [0.1, 0.15) is 0 Å². The number of carbonyl (C=O) groups is 1. The largest absolute Gasteiger partial charge is 0.518 e. The van der Waals surface area contributed by atoms with Gasteiger partial charge in [0.2, 0.25) is 0 Å². The van der Waals surface area contributed by atoms with Crippen molar-refractivity contribution >= 4 is 23.1 Å². The summed E-state index contributed by atoms with van der Waals surface area (Å²) in [6.45, 7) is 24.7. The highest BCUT2D eigenvalue weighted by atomic mass is 28.4. The summed E-state index contributed by atoms with van der Waals surface area (Å²) in [7, 11) is -5.30. The van der Waals surface area contributed by atoms with E-state index in [1.54, 1.807) is 0 Å². The standard InChI is InChI=1S/C21H46O5Si2/c1-12-16-27(20(6,7)8,21(9,10)11)26-19(22)18(5)17-28(23-13-2,24-14-3)25-15-4/h18H,12-17H2,1-11H3. The maximum atomic E-state index is 13.3. The average molecular weight is 435 g/mol. The third-order valence-electron chi connectivity index (χ3n) is 5.35. The number of rotatable bonds is 12. The van der Waals surface area contributed by atoms with Crippen LogP contribution in [0.25, 0.3) is 0 Å². The Kier molecular flexibility index (Phi) is 11.2. The number of carbonyl (C=O) groups excluding carboxylic acids is 1. The quantitative estimate of drug-likeness (QED) is 0.344. The van der Waals surface area contributed by atoms with E-state index in [1.807, 2.05) is 27.7 Å². The summed E-state index contributed by atoms with van der Waals surface area (Å²) in [5.41, 5.74) is 0. The summed E-state index contributed by atoms with van der Waals surface area (Å²) < 4.78 is 24.3. The number of hydrogen-bond acceptors (Lipinski definition) is 5. The van der Waals surface area contributed by atoms with Crippen LogP contribution in [-0.4, -0.2) is 42.9 Å². The van der Waals surface area contributed by atoms with Crippen LogP contribution >= 0.6 is 0 Å². The van der Waals surface area contributed by atoms with Crippen LogP contribution in [0.2, 0.25) is 22.2 Å². The van der Waals surface area contributed by atoms with Crippen LogP contribution in [0.15, 0.2) is 0 Å². The minimum absolute atomic E-state index is 0.0507. The molecule has 0 aliphatic carbocycles. The molecule has 0 heterocycles. The zero-order valence-corrected chi connectivity index (χ0v) is 22.4. The Balaban J connectivity index is 5.73. The minimum atomic E-state index is -2.89. The van der Waals surface area contributed by atoms with Crippen molar-refractivity contribution in [2.75, 3.05) is 19.8 Å². The molecule has 0 N–H and O–H groups in total. The Morgan fingerprint density at radius 3 is 1.50 bits per heavy atom. The molecule has 0 bridgehead atoms. The van der Waals surface area contributed by atoms with Crippen LogP contribution in [0.4, 0.5) is 0 Å². The van der Waals surface area contributed by atoms with Gasteiger partial charge < -0.3 is 17.7 Å². The van der Waals surface area contributed by atoms with Gasteiger partial charge in [0.25, 0.3) is 14.3 Å². The zero-order valence-electron chi connectivity index (χ0n) is 20.4. The Bertz CT molecular complexity index is 437. The van der Waals surface area contributed by atoms with E-state index in [0.29, 0.717) is 25.9 Å². The molecule has 0 aromatic carbocycles. The summed E-state index contributed by atoms with van der Waals surface area (Å²) in [6.07, 6.45) is 1.01. The highest BCUT2D eigenvalue weighted by Gasteiger charge is 2.57. The van der Waals surface area contributed by atoms with Gasteiger partial charge in [0.15, 0.2) is 0 Å². The van der Waals surface area contributed by atoms with Gasteiger partial charge in [-0.25, -0.2) is 0 Å². The normalized spacial score (nSPS) is 14.8.